The predicted octanol–water partition coefficient (Wildman–Crippen LogP) is 1.05. The molecule has 0 unspecified atom stereocenters. The van der Waals surface area contributed by atoms with Crippen molar-refractivity contribution in [3.8, 4) is 11.3 Å². The average Bonchev–Trinajstić information content (AvgIpc) is 2.94. The Balaban J connectivity index is 0.00000100. The number of fused-ring (bicyclic) bond motifs is 1. The quantitative estimate of drug-likeness (QED) is 0.454. The minimum absolute atomic E-state index is 0.245. The number of anilines is 2. The number of hydrogen-bond donors (Lipinski definition) is 5. The van der Waals surface area contributed by atoms with Gasteiger partial charge in [-0.2, -0.15) is 0 Å². The van der Waals surface area contributed by atoms with E-state index in [0.717, 1.165) is 5.56 Å². The standard InChI is InChI=1S/C15H13N5O2.CH5N/c16-12-3-1-2-10(19-12)8-4-5-9-11(6-8)20-15(18-7-21)13(9)14(17)22;1-2/h1-7,20H,(H2,16,19)(H2,17,22)(H,18,21);2H2,1H3. The molecule has 1 aromatic carbocycles. The Hall–Kier alpha value is -3.39. The van der Waals surface area contributed by atoms with Gasteiger partial charge in [0.1, 0.15) is 11.6 Å². The molecule has 0 bridgehead atoms. The Morgan fingerprint density at radius 1 is 1.25 bits per heavy atom. The number of carbonyl (C=O) groups excluding carboxylic acids is 2. The third kappa shape index (κ3) is 3.18. The monoisotopic (exact) mass is 326 g/mol. The second-order valence-corrected chi connectivity index (χ2v) is 4.71. The van der Waals surface area contributed by atoms with Gasteiger partial charge in [-0.05, 0) is 25.2 Å². The summed E-state index contributed by atoms with van der Waals surface area (Å²) in [5.74, 6) is 0.0748. The predicted molar refractivity (Wildman–Crippen MR) is 94.3 cm³/mol. The maximum absolute atomic E-state index is 11.6. The van der Waals surface area contributed by atoms with Gasteiger partial charge < -0.3 is 27.5 Å². The van der Waals surface area contributed by atoms with E-state index in [0.29, 0.717) is 28.8 Å². The van der Waals surface area contributed by atoms with Crippen molar-refractivity contribution >= 4 is 34.9 Å². The summed E-state index contributed by atoms with van der Waals surface area (Å²) in [6.45, 7) is 0. The van der Waals surface area contributed by atoms with Gasteiger partial charge in [0.05, 0.1) is 11.3 Å². The molecule has 3 aromatic rings. The van der Waals surface area contributed by atoms with Gasteiger partial charge in [-0.3, -0.25) is 9.59 Å². The molecular formula is C16H18N6O2. The normalized spacial score (nSPS) is 9.92. The number of hydrogen-bond acceptors (Lipinski definition) is 5. The first-order valence-electron chi connectivity index (χ1n) is 7.06. The van der Waals surface area contributed by atoms with E-state index in [9.17, 15) is 9.59 Å². The lowest BCUT2D eigenvalue weighted by molar-refractivity contribution is -0.105. The van der Waals surface area contributed by atoms with Crippen molar-refractivity contribution < 1.29 is 9.59 Å². The molecule has 3 rings (SSSR count). The number of rotatable bonds is 4. The van der Waals surface area contributed by atoms with Crippen LogP contribution < -0.4 is 22.5 Å². The molecule has 2 aromatic heterocycles. The summed E-state index contributed by atoms with van der Waals surface area (Å²) in [7, 11) is 1.50. The molecule has 0 spiro atoms. The SMILES string of the molecule is CN.NC(=O)c1c(NC=O)[nH]c2cc(-c3cccc(N)n3)ccc12. The van der Waals surface area contributed by atoms with Crippen molar-refractivity contribution in [3.63, 3.8) is 0 Å². The zero-order valence-corrected chi connectivity index (χ0v) is 13.0. The molecular weight excluding hydrogens is 308 g/mol. The summed E-state index contributed by atoms with van der Waals surface area (Å²) in [6.07, 6.45) is 0.484. The van der Waals surface area contributed by atoms with Crippen molar-refractivity contribution in [1.29, 1.82) is 0 Å². The number of carbonyl (C=O) groups is 2. The molecule has 8 nitrogen and oxygen atoms in total. The van der Waals surface area contributed by atoms with Crippen LogP contribution in [-0.2, 0) is 4.79 Å². The van der Waals surface area contributed by atoms with Crippen molar-refractivity contribution in [3.05, 3.63) is 42.0 Å². The molecule has 8 heteroatoms. The highest BCUT2D eigenvalue weighted by Gasteiger charge is 2.16. The Kier molecular flexibility index (Phi) is 5.13. The number of benzene rings is 1. The molecule has 124 valence electrons. The fourth-order valence-electron chi connectivity index (χ4n) is 2.39. The van der Waals surface area contributed by atoms with Gasteiger partial charge in [-0.1, -0.05) is 18.2 Å². The van der Waals surface area contributed by atoms with E-state index in [1.807, 2.05) is 24.3 Å². The first-order chi connectivity index (χ1) is 11.6. The summed E-state index contributed by atoms with van der Waals surface area (Å²) in [6, 6.07) is 10.7. The van der Waals surface area contributed by atoms with Gasteiger partial charge in [-0.15, -0.1) is 0 Å². The van der Waals surface area contributed by atoms with Crippen LogP contribution in [0.2, 0.25) is 0 Å². The average molecular weight is 326 g/mol. The summed E-state index contributed by atoms with van der Waals surface area (Å²) in [5, 5.41) is 3.07. The highest BCUT2D eigenvalue weighted by molar-refractivity contribution is 6.12. The van der Waals surface area contributed by atoms with Gasteiger partial charge >= 0.3 is 0 Å². The van der Waals surface area contributed by atoms with E-state index in [1.54, 1.807) is 12.1 Å². The first-order valence-corrected chi connectivity index (χ1v) is 7.06. The van der Waals surface area contributed by atoms with E-state index in [2.05, 4.69) is 21.0 Å². The van der Waals surface area contributed by atoms with Crippen LogP contribution in [0.15, 0.2) is 36.4 Å². The zero-order chi connectivity index (χ0) is 17.7. The number of primary amides is 1. The van der Waals surface area contributed by atoms with Crippen molar-refractivity contribution in [2.24, 2.45) is 11.5 Å². The van der Waals surface area contributed by atoms with Crippen LogP contribution in [0.25, 0.3) is 22.2 Å². The number of nitrogens with two attached hydrogens (primary N) is 3. The maximum Gasteiger partial charge on any atom is 0.253 e. The molecule has 8 N–H and O–H groups in total. The second kappa shape index (κ2) is 7.25. The van der Waals surface area contributed by atoms with Gasteiger partial charge in [-0.25, -0.2) is 4.98 Å². The maximum atomic E-state index is 11.6. The number of pyridine rings is 1. The lowest BCUT2D eigenvalue weighted by Crippen LogP contribution is -2.13. The molecule has 2 amide bonds. The van der Waals surface area contributed by atoms with Gasteiger partial charge in [0.25, 0.3) is 5.91 Å². The highest BCUT2D eigenvalue weighted by atomic mass is 16.1. The Labute approximate surface area is 138 Å². The van der Waals surface area contributed by atoms with Crippen LogP contribution in [-0.4, -0.2) is 29.3 Å². The molecule has 0 atom stereocenters. The number of nitrogen functional groups attached to an aromatic ring is 1. The smallest absolute Gasteiger partial charge is 0.253 e. The van der Waals surface area contributed by atoms with Crippen LogP contribution in [0.5, 0.6) is 0 Å². The largest absolute Gasteiger partial charge is 0.384 e. The molecule has 0 saturated heterocycles. The lowest BCUT2D eigenvalue weighted by atomic mass is 10.1. The van der Waals surface area contributed by atoms with Crippen molar-refractivity contribution in [2.75, 3.05) is 18.1 Å². The van der Waals surface area contributed by atoms with Gasteiger partial charge in [0.15, 0.2) is 0 Å². The highest BCUT2D eigenvalue weighted by Crippen LogP contribution is 2.29. The Morgan fingerprint density at radius 2 is 2.00 bits per heavy atom. The number of nitrogens with one attached hydrogen (secondary N) is 2. The fourth-order valence-corrected chi connectivity index (χ4v) is 2.39. The molecule has 0 fully saturated rings. The van der Waals surface area contributed by atoms with E-state index in [-0.39, 0.29) is 11.4 Å². The van der Waals surface area contributed by atoms with Gasteiger partial charge in [0, 0.05) is 16.5 Å². The summed E-state index contributed by atoms with van der Waals surface area (Å²) >= 11 is 0. The summed E-state index contributed by atoms with van der Waals surface area (Å²) in [5.41, 5.74) is 18.0. The Bertz CT molecular complexity index is 887. The summed E-state index contributed by atoms with van der Waals surface area (Å²) < 4.78 is 0. The van der Waals surface area contributed by atoms with E-state index < -0.39 is 5.91 Å². The molecule has 0 saturated carbocycles. The van der Waals surface area contributed by atoms with E-state index >= 15 is 0 Å². The summed E-state index contributed by atoms with van der Waals surface area (Å²) in [4.78, 5) is 29.5. The second-order valence-electron chi connectivity index (χ2n) is 4.71. The van der Waals surface area contributed by atoms with Crippen LogP contribution >= 0.6 is 0 Å². The first kappa shape index (κ1) is 17.0. The van der Waals surface area contributed by atoms with Crippen molar-refractivity contribution in [1.82, 2.24) is 9.97 Å². The number of aromatic amines is 1. The topological polar surface area (TPSA) is 153 Å². The van der Waals surface area contributed by atoms with Crippen LogP contribution in [0.3, 0.4) is 0 Å². The molecule has 0 radical (unpaired) electrons. The third-order valence-corrected chi connectivity index (χ3v) is 3.31. The van der Waals surface area contributed by atoms with E-state index in [4.69, 9.17) is 11.5 Å². The minimum Gasteiger partial charge on any atom is -0.384 e. The zero-order valence-electron chi connectivity index (χ0n) is 13.0. The Morgan fingerprint density at radius 3 is 2.62 bits per heavy atom. The molecule has 0 aliphatic carbocycles. The van der Waals surface area contributed by atoms with Crippen LogP contribution in [0.1, 0.15) is 10.4 Å². The molecule has 24 heavy (non-hydrogen) atoms. The van der Waals surface area contributed by atoms with Crippen LogP contribution in [0, 0.1) is 0 Å². The third-order valence-electron chi connectivity index (χ3n) is 3.31. The fraction of sp³-hybridized carbons (Fsp3) is 0.0625. The van der Waals surface area contributed by atoms with E-state index in [1.165, 1.54) is 7.05 Å². The molecule has 2 heterocycles. The lowest BCUT2D eigenvalue weighted by Gasteiger charge is -2.02. The molecule has 0 aliphatic rings. The number of nitrogens with zero attached hydrogens (tertiary/aromatic N) is 1. The van der Waals surface area contributed by atoms with Crippen molar-refractivity contribution in [2.45, 2.75) is 0 Å². The van der Waals surface area contributed by atoms with Gasteiger partial charge in [0.2, 0.25) is 6.41 Å². The number of aromatic nitrogens is 2. The number of H-pyrrole nitrogens is 1. The minimum atomic E-state index is -0.620. The molecule has 0 aliphatic heterocycles. The van der Waals surface area contributed by atoms with Crippen LogP contribution in [0.4, 0.5) is 11.6 Å². The number of amides is 2.